The number of amides is 1. The van der Waals surface area contributed by atoms with E-state index in [0.29, 0.717) is 17.9 Å². The normalized spacial score (nSPS) is 12.4. The number of nitrogens with one attached hydrogen (secondary N) is 2. The molecule has 0 aliphatic heterocycles. The summed E-state index contributed by atoms with van der Waals surface area (Å²) in [5.41, 5.74) is 6.48. The van der Waals surface area contributed by atoms with Crippen molar-refractivity contribution in [2.24, 2.45) is 0 Å². The maximum Gasteiger partial charge on any atom is 0.267 e. The molecule has 0 spiro atoms. The van der Waals surface area contributed by atoms with Gasteiger partial charge < -0.3 is 20.8 Å². The number of anilines is 1. The number of carbonyl (C=O) groups excluding carboxylic acids is 1. The number of aromatic nitrogens is 1. The Balaban J connectivity index is 2.43. The van der Waals surface area contributed by atoms with Gasteiger partial charge >= 0.3 is 0 Å². The van der Waals surface area contributed by atoms with Gasteiger partial charge in [-0.3, -0.25) is 4.79 Å². The molecule has 0 radical (unpaired) electrons. The number of rotatable bonds is 4. The zero-order valence-corrected chi connectivity index (χ0v) is 8.33. The number of aromatic amines is 1. The van der Waals surface area contributed by atoms with Gasteiger partial charge in [0.1, 0.15) is 5.69 Å². The van der Waals surface area contributed by atoms with E-state index in [9.17, 15) is 4.79 Å². The number of hydrogen-bond donors (Lipinski definition) is 3. The molecule has 0 aliphatic rings. The summed E-state index contributed by atoms with van der Waals surface area (Å²) in [5.74, 6) is -0.175. The molecule has 1 aromatic rings. The Kier molecular flexibility index (Phi) is 3.53. The molecular formula is C9H15N3O2. The standard InChI is InChI=1S/C9H15N3O2/c1-6(14-2)4-12-9(13)8-3-7(10)5-11-8/h3,5-6,11H,4,10H2,1-2H3,(H,12,13). The first kappa shape index (κ1) is 10.6. The van der Waals surface area contributed by atoms with Crippen molar-refractivity contribution in [1.29, 1.82) is 0 Å². The monoisotopic (exact) mass is 197 g/mol. The number of hydrogen-bond acceptors (Lipinski definition) is 3. The van der Waals surface area contributed by atoms with Crippen molar-refractivity contribution in [2.75, 3.05) is 19.4 Å². The molecule has 4 N–H and O–H groups in total. The molecule has 5 heteroatoms. The van der Waals surface area contributed by atoms with E-state index in [1.54, 1.807) is 19.4 Å². The average Bonchev–Trinajstić information content (AvgIpc) is 2.60. The third-order valence-electron chi connectivity index (χ3n) is 1.90. The molecular weight excluding hydrogens is 182 g/mol. The zero-order valence-electron chi connectivity index (χ0n) is 8.33. The second-order valence-corrected chi connectivity index (χ2v) is 3.10. The van der Waals surface area contributed by atoms with Crippen LogP contribution in [-0.2, 0) is 4.74 Å². The van der Waals surface area contributed by atoms with Crippen LogP contribution in [0.25, 0.3) is 0 Å². The van der Waals surface area contributed by atoms with Crippen LogP contribution in [0.5, 0.6) is 0 Å². The van der Waals surface area contributed by atoms with Gasteiger partial charge in [-0.15, -0.1) is 0 Å². The largest absolute Gasteiger partial charge is 0.397 e. The molecule has 1 heterocycles. The van der Waals surface area contributed by atoms with Crippen molar-refractivity contribution >= 4 is 11.6 Å². The summed E-state index contributed by atoms with van der Waals surface area (Å²) in [7, 11) is 1.60. The second kappa shape index (κ2) is 4.66. The van der Waals surface area contributed by atoms with Crippen LogP contribution in [0.3, 0.4) is 0 Å². The second-order valence-electron chi connectivity index (χ2n) is 3.10. The zero-order chi connectivity index (χ0) is 10.6. The van der Waals surface area contributed by atoms with E-state index in [2.05, 4.69) is 10.3 Å². The highest BCUT2D eigenvalue weighted by Gasteiger charge is 2.08. The van der Waals surface area contributed by atoms with Crippen LogP contribution in [0.2, 0.25) is 0 Å². The number of nitrogen functional groups attached to an aromatic ring is 1. The smallest absolute Gasteiger partial charge is 0.267 e. The van der Waals surface area contributed by atoms with Gasteiger partial charge in [0.25, 0.3) is 5.91 Å². The Hall–Kier alpha value is -1.49. The van der Waals surface area contributed by atoms with Crippen LogP contribution < -0.4 is 11.1 Å². The van der Waals surface area contributed by atoms with Gasteiger partial charge in [-0.1, -0.05) is 0 Å². The average molecular weight is 197 g/mol. The summed E-state index contributed by atoms with van der Waals surface area (Å²) in [4.78, 5) is 14.2. The van der Waals surface area contributed by atoms with Gasteiger partial charge in [0, 0.05) is 25.5 Å². The summed E-state index contributed by atoms with van der Waals surface area (Å²) >= 11 is 0. The lowest BCUT2D eigenvalue weighted by Gasteiger charge is -2.09. The first-order valence-corrected chi connectivity index (χ1v) is 4.38. The van der Waals surface area contributed by atoms with Gasteiger partial charge in [-0.25, -0.2) is 0 Å². The van der Waals surface area contributed by atoms with Crippen LogP contribution in [0.4, 0.5) is 5.69 Å². The van der Waals surface area contributed by atoms with Gasteiger partial charge in [-0.2, -0.15) is 0 Å². The minimum Gasteiger partial charge on any atom is -0.397 e. The molecule has 78 valence electrons. The highest BCUT2D eigenvalue weighted by Crippen LogP contribution is 2.03. The predicted molar refractivity (Wildman–Crippen MR) is 54.0 cm³/mol. The Morgan fingerprint density at radius 3 is 3.00 bits per heavy atom. The molecule has 1 atom stereocenters. The molecule has 0 saturated heterocycles. The third kappa shape index (κ3) is 2.77. The fraction of sp³-hybridized carbons (Fsp3) is 0.444. The van der Waals surface area contributed by atoms with Gasteiger partial charge in [0.15, 0.2) is 0 Å². The van der Waals surface area contributed by atoms with Crippen LogP contribution in [-0.4, -0.2) is 30.6 Å². The highest BCUT2D eigenvalue weighted by atomic mass is 16.5. The Bertz CT molecular complexity index is 309. The summed E-state index contributed by atoms with van der Waals surface area (Å²) in [6.07, 6.45) is 1.58. The lowest BCUT2D eigenvalue weighted by Crippen LogP contribution is -2.31. The van der Waals surface area contributed by atoms with E-state index in [-0.39, 0.29) is 12.0 Å². The van der Waals surface area contributed by atoms with Crippen LogP contribution in [0.1, 0.15) is 17.4 Å². The van der Waals surface area contributed by atoms with E-state index in [1.165, 1.54) is 0 Å². The molecule has 1 unspecified atom stereocenters. The van der Waals surface area contributed by atoms with E-state index in [0.717, 1.165) is 0 Å². The molecule has 0 saturated carbocycles. The molecule has 0 aliphatic carbocycles. The summed E-state index contributed by atoms with van der Waals surface area (Å²) < 4.78 is 4.99. The molecule has 14 heavy (non-hydrogen) atoms. The van der Waals surface area contributed by atoms with Crippen molar-refractivity contribution in [3.8, 4) is 0 Å². The quantitative estimate of drug-likeness (QED) is 0.652. The molecule has 0 bridgehead atoms. The number of carbonyl (C=O) groups is 1. The minimum absolute atomic E-state index is 0.00580. The molecule has 0 aromatic carbocycles. The number of methoxy groups -OCH3 is 1. The Labute approximate surface area is 82.6 Å². The fourth-order valence-corrected chi connectivity index (χ4v) is 0.957. The van der Waals surface area contributed by atoms with Crippen molar-refractivity contribution < 1.29 is 9.53 Å². The van der Waals surface area contributed by atoms with E-state index < -0.39 is 0 Å². The summed E-state index contributed by atoms with van der Waals surface area (Å²) in [6, 6.07) is 1.59. The van der Waals surface area contributed by atoms with Crippen LogP contribution in [0, 0.1) is 0 Å². The number of nitrogens with two attached hydrogens (primary N) is 1. The Morgan fingerprint density at radius 2 is 2.50 bits per heavy atom. The van der Waals surface area contributed by atoms with Crippen LogP contribution in [0.15, 0.2) is 12.3 Å². The predicted octanol–water partition coefficient (Wildman–Crippen LogP) is 0.362. The first-order chi connectivity index (χ1) is 6.63. The molecule has 1 rings (SSSR count). The van der Waals surface area contributed by atoms with E-state index in [4.69, 9.17) is 10.5 Å². The molecule has 5 nitrogen and oxygen atoms in total. The maximum atomic E-state index is 11.4. The van der Waals surface area contributed by atoms with Crippen LogP contribution >= 0.6 is 0 Å². The SMILES string of the molecule is COC(C)CNC(=O)c1cc(N)c[nH]1. The third-order valence-corrected chi connectivity index (χ3v) is 1.90. The van der Waals surface area contributed by atoms with Crippen molar-refractivity contribution in [2.45, 2.75) is 13.0 Å². The lowest BCUT2D eigenvalue weighted by atomic mass is 10.3. The summed E-state index contributed by atoms with van der Waals surface area (Å²) in [6.45, 7) is 2.36. The Morgan fingerprint density at radius 1 is 1.79 bits per heavy atom. The molecule has 1 amide bonds. The molecule has 1 aromatic heterocycles. The minimum atomic E-state index is -0.175. The van der Waals surface area contributed by atoms with Crippen molar-refractivity contribution in [3.05, 3.63) is 18.0 Å². The maximum absolute atomic E-state index is 11.4. The van der Waals surface area contributed by atoms with Gasteiger partial charge in [-0.05, 0) is 13.0 Å². The fourth-order valence-electron chi connectivity index (χ4n) is 0.957. The lowest BCUT2D eigenvalue weighted by molar-refractivity contribution is 0.0866. The van der Waals surface area contributed by atoms with Gasteiger partial charge in [0.2, 0.25) is 0 Å². The van der Waals surface area contributed by atoms with E-state index >= 15 is 0 Å². The topological polar surface area (TPSA) is 80.1 Å². The molecule has 0 fully saturated rings. The highest BCUT2D eigenvalue weighted by molar-refractivity contribution is 5.93. The van der Waals surface area contributed by atoms with Crippen molar-refractivity contribution in [1.82, 2.24) is 10.3 Å². The number of ether oxygens (including phenoxy) is 1. The first-order valence-electron chi connectivity index (χ1n) is 4.38. The van der Waals surface area contributed by atoms with Crippen molar-refractivity contribution in [3.63, 3.8) is 0 Å². The number of H-pyrrole nitrogens is 1. The van der Waals surface area contributed by atoms with E-state index in [1.807, 2.05) is 6.92 Å². The summed E-state index contributed by atoms with van der Waals surface area (Å²) in [5, 5.41) is 2.71. The van der Waals surface area contributed by atoms with Gasteiger partial charge in [0.05, 0.1) is 6.10 Å².